The van der Waals surface area contributed by atoms with E-state index in [1.807, 2.05) is 6.07 Å². The van der Waals surface area contributed by atoms with Crippen molar-refractivity contribution in [1.82, 2.24) is 9.97 Å². The van der Waals surface area contributed by atoms with E-state index in [2.05, 4.69) is 36.1 Å². The third kappa shape index (κ3) is 5.13. The van der Waals surface area contributed by atoms with E-state index in [4.69, 9.17) is 5.73 Å². The molecule has 0 bridgehead atoms. The Morgan fingerprint density at radius 3 is 2.76 bits per heavy atom. The van der Waals surface area contributed by atoms with Gasteiger partial charge < -0.3 is 11.1 Å². The van der Waals surface area contributed by atoms with Crippen LogP contribution in [0.25, 0.3) is 0 Å². The second-order valence-corrected chi connectivity index (χ2v) is 5.16. The molecule has 0 aliphatic carbocycles. The number of nitrogens with one attached hydrogen (secondary N) is 1. The summed E-state index contributed by atoms with van der Waals surface area (Å²) in [5, 5.41) is 3.38. The van der Waals surface area contributed by atoms with Crippen molar-refractivity contribution in [1.29, 1.82) is 0 Å². The van der Waals surface area contributed by atoms with Crippen LogP contribution in [0.15, 0.2) is 12.4 Å². The molecule has 0 amide bonds. The molecule has 0 unspecified atom stereocenters. The van der Waals surface area contributed by atoms with Gasteiger partial charge in [0.2, 0.25) is 0 Å². The highest BCUT2D eigenvalue weighted by Gasteiger charge is 2.16. The van der Waals surface area contributed by atoms with Gasteiger partial charge in [0.25, 0.3) is 0 Å². The van der Waals surface area contributed by atoms with E-state index in [1.165, 1.54) is 0 Å². The van der Waals surface area contributed by atoms with Crippen LogP contribution < -0.4 is 11.1 Å². The van der Waals surface area contributed by atoms with Crippen LogP contribution in [0, 0.1) is 5.41 Å². The maximum Gasteiger partial charge on any atom is 0.129 e. The fourth-order valence-corrected chi connectivity index (χ4v) is 1.69. The van der Waals surface area contributed by atoms with Gasteiger partial charge in [0.1, 0.15) is 12.1 Å². The van der Waals surface area contributed by atoms with Gasteiger partial charge in [-0.05, 0) is 31.2 Å². The number of rotatable bonds is 7. The van der Waals surface area contributed by atoms with E-state index in [0.717, 1.165) is 43.9 Å². The normalized spacial score (nSPS) is 11.5. The first kappa shape index (κ1) is 13.9. The van der Waals surface area contributed by atoms with Crippen LogP contribution >= 0.6 is 0 Å². The molecule has 0 radical (unpaired) electrons. The smallest absolute Gasteiger partial charge is 0.129 e. The molecule has 17 heavy (non-hydrogen) atoms. The van der Waals surface area contributed by atoms with Crippen molar-refractivity contribution in [2.45, 2.75) is 40.0 Å². The summed E-state index contributed by atoms with van der Waals surface area (Å²) < 4.78 is 0. The first-order valence-electron chi connectivity index (χ1n) is 6.32. The van der Waals surface area contributed by atoms with E-state index in [1.54, 1.807) is 6.33 Å². The second-order valence-electron chi connectivity index (χ2n) is 5.16. The molecule has 0 aliphatic rings. The Bertz CT molecular complexity index is 336. The lowest BCUT2D eigenvalue weighted by Gasteiger charge is -2.25. The highest BCUT2D eigenvalue weighted by atomic mass is 15.0. The van der Waals surface area contributed by atoms with Crippen LogP contribution in [0.1, 0.15) is 39.3 Å². The number of hydrogen-bond donors (Lipinski definition) is 2. The van der Waals surface area contributed by atoms with Gasteiger partial charge in [0.05, 0.1) is 0 Å². The second kappa shape index (κ2) is 6.55. The number of aromatic nitrogens is 2. The average molecular weight is 236 g/mol. The van der Waals surface area contributed by atoms with Crippen molar-refractivity contribution in [3.05, 3.63) is 18.1 Å². The van der Waals surface area contributed by atoms with Gasteiger partial charge in [-0.2, -0.15) is 0 Å². The van der Waals surface area contributed by atoms with E-state index in [9.17, 15) is 0 Å². The van der Waals surface area contributed by atoms with E-state index in [0.29, 0.717) is 0 Å². The maximum absolute atomic E-state index is 5.54. The minimum absolute atomic E-state index is 0.247. The zero-order valence-electron chi connectivity index (χ0n) is 11.2. The Balaban J connectivity index is 2.48. The van der Waals surface area contributed by atoms with Gasteiger partial charge in [0.15, 0.2) is 0 Å². The first-order chi connectivity index (χ1) is 8.07. The molecule has 4 nitrogen and oxygen atoms in total. The number of nitrogens with zero attached hydrogens (tertiary/aromatic N) is 2. The molecule has 0 fully saturated rings. The molecule has 1 heterocycles. The Labute approximate surface area is 104 Å². The fraction of sp³-hybridized carbons (Fsp3) is 0.692. The average Bonchev–Trinajstić information content (AvgIpc) is 2.34. The molecule has 0 saturated heterocycles. The number of hydrogen-bond acceptors (Lipinski definition) is 4. The molecule has 0 atom stereocenters. The summed E-state index contributed by atoms with van der Waals surface area (Å²) in [6, 6.07) is 2.01. The molecule has 1 aromatic rings. The molecule has 0 saturated carbocycles. The molecular weight excluding hydrogens is 212 g/mol. The predicted molar refractivity (Wildman–Crippen MR) is 72.0 cm³/mol. The topological polar surface area (TPSA) is 63.8 Å². The minimum Gasteiger partial charge on any atom is -0.369 e. The molecule has 96 valence electrons. The number of aryl methyl sites for hydroxylation is 1. The van der Waals surface area contributed by atoms with Gasteiger partial charge in [0, 0.05) is 18.3 Å². The number of anilines is 1. The van der Waals surface area contributed by atoms with Crippen LogP contribution in [0.5, 0.6) is 0 Å². The van der Waals surface area contributed by atoms with Crippen LogP contribution in [-0.2, 0) is 6.42 Å². The summed E-state index contributed by atoms with van der Waals surface area (Å²) in [5.74, 6) is 0.915. The third-order valence-corrected chi connectivity index (χ3v) is 2.89. The SMILES string of the molecule is CCc1cc(NCC(C)(C)CCCN)ncn1. The minimum atomic E-state index is 0.247. The van der Waals surface area contributed by atoms with E-state index < -0.39 is 0 Å². The van der Waals surface area contributed by atoms with Crippen molar-refractivity contribution in [2.24, 2.45) is 11.1 Å². The Hall–Kier alpha value is -1.16. The Morgan fingerprint density at radius 2 is 2.12 bits per heavy atom. The quantitative estimate of drug-likeness (QED) is 0.762. The van der Waals surface area contributed by atoms with Crippen molar-refractivity contribution in [3.8, 4) is 0 Å². The Morgan fingerprint density at radius 1 is 1.35 bits per heavy atom. The summed E-state index contributed by atoms with van der Waals surface area (Å²) in [7, 11) is 0. The van der Waals surface area contributed by atoms with Gasteiger partial charge in [-0.15, -0.1) is 0 Å². The molecule has 4 heteroatoms. The lowest BCUT2D eigenvalue weighted by molar-refractivity contribution is 0.350. The Kier molecular flexibility index (Phi) is 5.35. The number of nitrogens with two attached hydrogens (primary N) is 1. The highest BCUT2D eigenvalue weighted by molar-refractivity contribution is 5.34. The van der Waals surface area contributed by atoms with Crippen LogP contribution in [-0.4, -0.2) is 23.1 Å². The molecule has 0 aromatic carbocycles. The molecule has 0 spiro atoms. The lowest BCUT2D eigenvalue weighted by Crippen LogP contribution is -2.24. The largest absolute Gasteiger partial charge is 0.369 e. The van der Waals surface area contributed by atoms with Gasteiger partial charge in [-0.1, -0.05) is 20.8 Å². The maximum atomic E-state index is 5.54. The molecule has 1 aromatic heterocycles. The summed E-state index contributed by atoms with van der Waals surface area (Å²) in [6.07, 6.45) is 4.75. The summed E-state index contributed by atoms with van der Waals surface area (Å²) >= 11 is 0. The molecule has 1 rings (SSSR count). The summed E-state index contributed by atoms with van der Waals surface area (Å²) in [6.45, 7) is 8.26. The molecule has 0 aliphatic heterocycles. The van der Waals surface area contributed by atoms with Crippen molar-refractivity contribution < 1.29 is 0 Å². The van der Waals surface area contributed by atoms with Gasteiger partial charge in [-0.25, -0.2) is 9.97 Å². The highest BCUT2D eigenvalue weighted by Crippen LogP contribution is 2.22. The van der Waals surface area contributed by atoms with Crippen LogP contribution in [0.3, 0.4) is 0 Å². The third-order valence-electron chi connectivity index (χ3n) is 2.89. The van der Waals surface area contributed by atoms with Crippen molar-refractivity contribution in [3.63, 3.8) is 0 Å². The van der Waals surface area contributed by atoms with Crippen molar-refractivity contribution in [2.75, 3.05) is 18.4 Å². The van der Waals surface area contributed by atoms with E-state index in [-0.39, 0.29) is 5.41 Å². The fourth-order valence-electron chi connectivity index (χ4n) is 1.69. The molecule has 3 N–H and O–H groups in total. The zero-order valence-corrected chi connectivity index (χ0v) is 11.2. The molecular formula is C13H24N4. The van der Waals surface area contributed by atoms with Crippen LogP contribution in [0.2, 0.25) is 0 Å². The summed E-state index contributed by atoms with van der Waals surface area (Å²) in [5.41, 5.74) is 6.86. The summed E-state index contributed by atoms with van der Waals surface area (Å²) in [4.78, 5) is 8.41. The monoisotopic (exact) mass is 236 g/mol. The van der Waals surface area contributed by atoms with Crippen molar-refractivity contribution >= 4 is 5.82 Å². The zero-order chi connectivity index (χ0) is 12.7. The van der Waals surface area contributed by atoms with E-state index >= 15 is 0 Å². The van der Waals surface area contributed by atoms with Gasteiger partial charge >= 0.3 is 0 Å². The predicted octanol–water partition coefficient (Wildman–Crippen LogP) is 2.22. The standard InChI is InChI=1S/C13H24N4/c1-4-11-8-12(17-10-16-11)15-9-13(2,3)6-5-7-14/h8,10H,4-7,9,14H2,1-3H3,(H,15,16,17). The first-order valence-corrected chi connectivity index (χ1v) is 6.32. The lowest BCUT2D eigenvalue weighted by atomic mass is 9.88. The van der Waals surface area contributed by atoms with Gasteiger partial charge in [-0.3, -0.25) is 0 Å². The van der Waals surface area contributed by atoms with Crippen LogP contribution in [0.4, 0.5) is 5.82 Å².